The van der Waals surface area contributed by atoms with E-state index in [2.05, 4.69) is 16.8 Å². The number of nitrogens with zero attached hydrogens (tertiary/aromatic N) is 2. The molecule has 15 heavy (non-hydrogen) atoms. The van der Waals surface area contributed by atoms with E-state index in [4.69, 9.17) is 0 Å². The first-order valence-electron chi connectivity index (χ1n) is 5.66. The summed E-state index contributed by atoms with van der Waals surface area (Å²) in [6, 6.07) is 3.40. The van der Waals surface area contributed by atoms with Crippen molar-refractivity contribution in [2.45, 2.75) is 26.2 Å². The topological polar surface area (TPSA) is 16.1 Å². The van der Waals surface area contributed by atoms with Gasteiger partial charge in [0.1, 0.15) is 0 Å². The summed E-state index contributed by atoms with van der Waals surface area (Å²) in [6.45, 7) is 4.33. The highest BCUT2D eigenvalue weighted by Gasteiger charge is 2.18. The van der Waals surface area contributed by atoms with Gasteiger partial charge in [0.2, 0.25) is 5.95 Å². The van der Waals surface area contributed by atoms with Gasteiger partial charge >= 0.3 is 0 Å². The summed E-state index contributed by atoms with van der Waals surface area (Å²) in [5.74, 6) is 0.470. The van der Waals surface area contributed by atoms with Gasteiger partial charge in [0, 0.05) is 31.0 Å². The second-order valence-electron chi connectivity index (χ2n) is 4.18. The molecule has 0 aliphatic carbocycles. The van der Waals surface area contributed by atoms with Gasteiger partial charge in [-0.3, -0.25) is 0 Å². The fourth-order valence-electron chi connectivity index (χ4n) is 2.19. The van der Waals surface area contributed by atoms with Crippen molar-refractivity contribution < 1.29 is 4.39 Å². The van der Waals surface area contributed by atoms with Crippen LogP contribution < -0.4 is 4.90 Å². The van der Waals surface area contributed by atoms with Crippen LogP contribution in [0.25, 0.3) is 0 Å². The number of pyridine rings is 1. The maximum absolute atomic E-state index is 12.9. The number of hydrogen-bond acceptors (Lipinski definition) is 2. The van der Waals surface area contributed by atoms with E-state index in [1.54, 1.807) is 0 Å². The number of piperidine rings is 1. The van der Waals surface area contributed by atoms with E-state index in [9.17, 15) is 4.39 Å². The Bertz CT molecular complexity index is 319. The predicted molar refractivity (Wildman–Crippen MR) is 59.4 cm³/mol. The van der Waals surface area contributed by atoms with E-state index >= 15 is 0 Å². The largest absolute Gasteiger partial charge is 0.371 e. The van der Waals surface area contributed by atoms with Crippen LogP contribution in [0, 0.1) is 11.9 Å². The summed E-state index contributed by atoms with van der Waals surface area (Å²) in [7, 11) is 0. The fraction of sp³-hybridized carbons (Fsp3) is 0.583. The third-order valence-electron chi connectivity index (χ3n) is 3.27. The van der Waals surface area contributed by atoms with Crippen LogP contribution in [0.2, 0.25) is 0 Å². The van der Waals surface area contributed by atoms with E-state index in [0.717, 1.165) is 24.7 Å². The molecule has 0 radical (unpaired) electrons. The lowest BCUT2D eigenvalue weighted by Gasteiger charge is -2.33. The molecule has 2 nitrogen and oxygen atoms in total. The van der Waals surface area contributed by atoms with Gasteiger partial charge in [-0.05, 0) is 24.8 Å². The predicted octanol–water partition coefficient (Wildman–Crippen LogP) is 2.85. The number of anilines is 1. The molecule has 0 aromatic carbocycles. The molecule has 1 aliphatic heterocycles. The highest BCUT2D eigenvalue weighted by Crippen LogP contribution is 2.24. The first-order valence-corrected chi connectivity index (χ1v) is 5.66. The van der Waals surface area contributed by atoms with Crippen molar-refractivity contribution in [1.29, 1.82) is 0 Å². The summed E-state index contributed by atoms with van der Waals surface area (Å²) in [5.41, 5.74) is 0.969. The zero-order valence-electron chi connectivity index (χ0n) is 9.12. The Hall–Kier alpha value is -1.12. The monoisotopic (exact) mass is 208 g/mol. The highest BCUT2D eigenvalue weighted by molar-refractivity contribution is 5.45. The van der Waals surface area contributed by atoms with Gasteiger partial charge < -0.3 is 4.90 Å². The standard InChI is InChI=1S/C12H17FN2/c1-2-10-4-7-15(8-5-10)11-3-6-14-12(13)9-11/h3,6,9-10H,2,4-5,7-8H2,1H3. The van der Waals surface area contributed by atoms with Crippen molar-refractivity contribution in [2.24, 2.45) is 5.92 Å². The Morgan fingerprint density at radius 3 is 2.80 bits per heavy atom. The van der Waals surface area contributed by atoms with Crippen molar-refractivity contribution in [2.75, 3.05) is 18.0 Å². The molecule has 3 heteroatoms. The molecular weight excluding hydrogens is 191 g/mol. The first kappa shape index (κ1) is 10.4. The lowest BCUT2D eigenvalue weighted by atomic mass is 9.94. The molecular formula is C12H17FN2. The Morgan fingerprint density at radius 1 is 1.47 bits per heavy atom. The fourth-order valence-corrected chi connectivity index (χ4v) is 2.19. The summed E-state index contributed by atoms with van der Waals surface area (Å²) >= 11 is 0. The summed E-state index contributed by atoms with van der Waals surface area (Å²) in [4.78, 5) is 5.82. The molecule has 1 fully saturated rings. The summed E-state index contributed by atoms with van der Waals surface area (Å²) < 4.78 is 12.9. The Morgan fingerprint density at radius 2 is 2.20 bits per heavy atom. The van der Waals surface area contributed by atoms with E-state index in [1.165, 1.54) is 31.5 Å². The van der Waals surface area contributed by atoms with Crippen LogP contribution in [0.5, 0.6) is 0 Å². The normalized spacial score (nSPS) is 18.1. The zero-order valence-corrected chi connectivity index (χ0v) is 9.12. The maximum atomic E-state index is 12.9. The van der Waals surface area contributed by atoms with Crippen molar-refractivity contribution in [3.63, 3.8) is 0 Å². The minimum absolute atomic E-state index is 0.384. The van der Waals surface area contributed by atoms with Gasteiger partial charge in [-0.25, -0.2) is 4.98 Å². The average molecular weight is 208 g/mol. The first-order chi connectivity index (χ1) is 7.29. The molecule has 1 saturated heterocycles. The second-order valence-corrected chi connectivity index (χ2v) is 4.18. The molecule has 0 atom stereocenters. The number of rotatable bonds is 2. The van der Waals surface area contributed by atoms with Crippen molar-refractivity contribution in [3.05, 3.63) is 24.3 Å². The van der Waals surface area contributed by atoms with Crippen molar-refractivity contribution in [1.82, 2.24) is 4.98 Å². The molecule has 0 bridgehead atoms. The molecule has 0 N–H and O–H groups in total. The van der Waals surface area contributed by atoms with E-state index < -0.39 is 0 Å². The van der Waals surface area contributed by atoms with Crippen LogP contribution in [0.3, 0.4) is 0 Å². The molecule has 2 rings (SSSR count). The highest BCUT2D eigenvalue weighted by atomic mass is 19.1. The van der Waals surface area contributed by atoms with Crippen LogP contribution in [0.15, 0.2) is 18.3 Å². The third kappa shape index (κ3) is 2.46. The lowest BCUT2D eigenvalue weighted by molar-refractivity contribution is 0.394. The quantitative estimate of drug-likeness (QED) is 0.695. The Kier molecular flexibility index (Phi) is 3.19. The zero-order chi connectivity index (χ0) is 10.7. The molecule has 1 aliphatic rings. The van der Waals surface area contributed by atoms with Gasteiger partial charge in [0.05, 0.1) is 0 Å². The molecule has 0 amide bonds. The second kappa shape index (κ2) is 4.60. The van der Waals surface area contributed by atoms with Crippen LogP contribution in [0.1, 0.15) is 26.2 Å². The SMILES string of the molecule is CCC1CCN(c2ccnc(F)c2)CC1. The molecule has 1 aromatic heterocycles. The number of aromatic nitrogens is 1. The average Bonchev–Trinajstić information content (AvgIpc) is 2.29. The molecule has 0 unspecified atom stereocenters. The van der Waals surface area contributed by atoms with Gasteiger partial charge in [0.25, 0.3) is 0 Å². The van der Waals surface area contributed by atoms with Gasteiger partial charge in [0.15, 0.2) is 0 Å². The smallest absolute Gasteiger partial charge is 0.214 e. The van der Waals surface area contributed by atoms with Crippen LogP contribution in [-0.2, 0) is 0 Å². The maximum Gasteiger partial charge on any atom is 0.214 e. The van der Waals surface area contributed by atoms with E-state index in [-0.39, 0.29) is 5.95 Å². The minimum Gasteiger partial charge on any atom is -0.371 e. The Labute approximate surface area is 90.1 Å². The summed E-state index contributed by atoms with van der Waals surface area (Å²) in [5, 5.41) is 0. The Balaban J connectivity index is 2.01. The molecule has 0 spiro atoms. The van der Waals surface area contributed by atoms with Crippen LogP contribution >= 0.6 is 0 Å². The van der Waals surface area contributed by atoms with Crippen molar-refractivity contribution in [3.8, 4) is 0 Å². The van der Waals surface area contributed by atoms with Gasteiger partial charge in [-0.2, -0.15) is 4.39 Å². The number of halogens is 1. The number of hydrogen-bond donors (Lipinski definition) is 0. The van der Waals surface area contributed by atoms with Crippen molar-refractivity contribution >= 4 is 5.69 Å². The molecule has 82 valence electrons. The minimum atomic E-state index is -0.384. The molecule has 0 saturated carbocycles. The lowest BCUT2D eigenvalue weighted by Crippen LogP contribution is -2.33. The van der Waals surface area contributed by atoms with Crippen LogP contribution in [0.4, 0.5) is 10.1 Å². The van der Waals surface area contributed by atoms with Gasteiger partial charge in [-0.15, -0.1) is 0 Å². The molecule has 1 aromatic rings. The third-order valence-corrected chi connectivity index (χ3v) is 3.27. The van der Waals surface area contributed by atoms with E-state index in [0.29, 0.717) is 0 Å². The van der Waals surface area contributed by atoms with Crippen LogP contribution in [-0.4, -0.2) is 18.1 Å². The van der Waals surface area contributed by atoms with E-state index in [1.807, 2.05) is 6.07 Å². The summed E-state index contributed by atoms with van der Waals surface area (Å²) in [6.07, 6.45) is 5.25. The molecule has 2 heterocycles. The van der Waals surface area contributed by atoms with Gasteiger partial charge in [-0.1, -0.05) is 13.3 Å².